The molecule has 0 aliphatic carbocycles. The van der Waals surface area contributed by atoms with Crippen LogP contribution in [0, 0.1) is 6.92 Å². The zero-order valence-corrected chi connectivity index (χ0v) is 18.8. The van der Waals surface area contributed by atoms with E-state index in [9.17, 15) is 9.59 Å². The van der Waals surface area contributed by atoms with E-state index in [2.05, 4.69) is 20.4 Å². The number of benzene rings is 1. The summed E-state index contributed by atoms with van der Waals surface area (Å²) >= 11 is 7.23. The van der Waals surface area contributed by atoms with Gasteiger partial charge in [-0.25, -0.2) is 4.98 Å². The summed E-state index contributed by atoms with van der Waals surface area (Å²) in [6.07, 6.45) is 2.21. The number of thiophene rings is 1. The third-order valence-electron chi connectivity index (χ3n) is 4.97. The predicted octanol–water partition coefficient (Wildman–Crippen LogP) is 4.05. The maximum absolute atomic E-state index is 13.0. The molecule has 3 aromatic heterocycles. The number of halogens is 1. The molecule has 1 N–H and O–H groups in total. The molecule has 0 spiro atoms. The number of aryl methyl sites for hydroxylation is 1. The van der Waals surface area contributed by atoms with E-state index in [-0.39, 0.29) is 24.1 Å². The first-order valence-corrected chi connectivity index (χ1v) is 10.9. The average molecular weight is 458 g/mol. The van der Waals surface area contributed by atoms with Crippen molar-refractivity contribution in [2.75, 3.05) is 0 Å². The van der Waals surface area contributed by atoms with Crippen LogP contribution in [0.1, 0.15) is 25.8 Å². The van der Waals surface area contributed by atoms with Gasteiger partial charge in [0.15, 0.2) is 0 Å². The Morgan fingerprint density at radius 3 is 2.77 bits per heavy atom. The number of hydrogen-bond acceptors (Lipinski definition) is 7. The van der Waals surface area contributed by atoms with Gasteiger partial charge in [0.1, 0.15) is 11.4 Å². The lowest BCUT2D eigenvalue weighted by molar-refractivity contribution is -0.122. The molecule has 0 aliphatic heterocycles. The molecule has 0 bridgehead atoms. The fourth-order valence-electron chi connectivity index (χ4n) is 3.08. The first-order chi connectivity index (χ1) is 14.9. The summed E-state index contributed by atoms with van der Waals surface area (Å²) in [6.45, 7) is 5.63. The van der Waals surface area contributed by atoms with Crippen LogP contribution < -0.4 is 10.9 Å². The highest BCUT2D eigenvalue weighted by molar-refractivity contribution is 7.22. The minimum Gasteiger partial charge on any atom is -0.352 e. The summed E-state index contributed by atoms with van der Waals surface area (Å²) in [5.41, 5.74) is 1.19. The van der Waals surface area contributed by atoms with Gasteiger partial charge >= 0.3 is 0 Å². The Kier molecular flexibility index (Phi) is 5.88. The predicted molar refractivity (Wildman–Crippen MR) is 120 cm³/mol. The van der Waals surface area contributed by atoms with E-state index in [0.29, 0.717) is 37.4 Å². The van der Waals surface area contributed by atoms with Crippen LogP contribution in [0.15, 0.2) is 39.9 Å². The molecule has 8 nitrogen and oxygen atoms in total. The lowest BCUT2D eigenvalue weighted by atomic mass is 10.2. The number of amides is 1. The molecule has 0 saturated carbocycles. The van der Waals surface area contributed by atoms with Crippen LogP contribution >= 0.6 is 22.9 Å². The Hall–Kier alpha value is -3.04. The second-order valence-electron chi connectivity index (χ2n) is 7.22. The number of fused-ring (bicyclic) bond motifs is 1. The third-order valence-corrected chi connectivity index (χ3v) is 6.41. The number of rotatable bonds is 6. The van der Waals surface area contributed by atoms with Crippen molar-refractivity contribution < 1.29 is 9.32 Å². The number of nitrogens with zero attached hydrogens (tertiary/aromatic N) is 4. The quantitative estimate of drug-likeness (QED) is 0.468. The molecule has 1 aromatic carbocycles. The zero-order valence-electron chi connectivity index (χ0n) is 17.2. The lowest BCUT2D eigenvalue weighted by Gasteiger charge is -2.12. The van der Waals surface area contributed by atoms with Crippen LogP contribution in [0.25, 0.3) is 32.4 Å². The van der Waals surface area contributed by atoms with E-state index >= 15 is 0 Å². The zero-order chi connectivity index (χ0) is 22.1. The van der Waals surface area contributed by atoms with Gasteiger partial charge in [0, 0.05) is 16.6 Å². The van der Waals surface area contributed by atoms with Crippen LogP contribution in [-0.2, 0) is 11.3 Å². The smallest absolute Gasteiger partial charge is 0.268 e. The van der Waals surface area contributed by atoms with Gasteiger partial charge in [0.05, 0.1) is 16.6 Å². The highest BCUT2D eigenvalue weighted by Crippen LogP contribution is 2.35. The normalized spacial score (nSPS) is 12.3. The van der Waals surface area contributed by atoms with Crippen molar-refractivity contribution in [1.82, 2.24) is 25.0 Å². The Morgan fingerprint density at radius 2 is 2.06 bits per heavy atom. The number of carbonyl (C=O) groups excluding carboxylic acids is 1. The summed E-state index contributed by atoms with van der Waals surface area (Å²) in [6, 6.07) is 7.16. The summed E-state index contributed by atoms with van der Waals surface area (Å²) < 4.78 is 6.77. The fourth-order valence-corrected chi connectivity index (χ4v) is 4.27. The molecule has 160 valence electrons. The Labute approximate surface area is 186 Å². The highest BCUT2D eigenvalue weighted by Gasteiger charge is 2.21. The van der Waals surface area contributed by atoms with E-state index in [4.69, 9.17) is 16.1 Å². The largest absolute Gasteiger partial charge is 0.352 e. The van der Waals surface area contributed by atoms with Crippen LogP contribution in [0.3, 0.4) is 0 Å². The minimum absolute atomic E-state index is 0.0433. The summed E-state index contributed by atoms with van der Waals surface area (Å²) in [7, 11) is 0. The molecule has 0 radical (unpaired) electrons. The Bertz CT molecular complexity index is 1310. The number of carbonyl (C=O) groups is 1. The molecular weight excluding hydrogens is 438 g/mol. The van der Waals surface area contributed by atoms with E-state index in [0.717, 1.165) is 12.0 Å². The molecule has 31 heavy (non-hydrogen) atoms. The molecule has 0 fully saturated rings. The monoisotopic (exact) mass is 457 g/mol. The van der Waals surface area contributed by atoms with Crippen molar-refractivity contribution in [3.8, 4) is 22.2 Å². The van der Waals surface area contributed by atoms with Gasteiger partial charge in [-0.15, -0.1) is 11.3 Å². The van der Waals surface area contributed by atoms with Gasteiger partial charge in [-0.3, -0.25) is 14.2 Å². The van der Waals surface area contributed by atoms with Crippen LogP contribution in [0.4, 0.5) is 0 Å². The van der Waals surface area contributed by atoms with Crippen LogP contribution in [0.5, 0.6) is 0 Å². The Morgan fingerprint density at radius 1 is 1.32 bits per heavy atom. The van der Waals surface area contributed by atoms with Crippen LogP contribution in [-0.4, -0.2) is 31.6 Å². The SMILES string of the molecule is CCC(C)NC(=O)Cn1cnc2sc(-c3nc(-c4ccc(Cl)cc4)no3)c(C)c2c1=O. The number of nitrogens with one attached hydrogen (secondary N) is 1. The standard InChI is InChI=1S/C21H20ClN5O3S/c1-4-11(2)24-15(28)9-27-10-23-20-16(21(27)29)12(3)17(31-20)19-25-18(26-30-19)13-5-7-14(22)8-6-13/h5-8,10-11H,4,9H2,1-3H3,(H,24,28). The molecule has 1 unspecified atom stereocenters. The molecule has 1 amide bonds. The van der Waals surface area contributed by atoms with Crippen molar-refractivity contribution in [3.05, 3.63) is 51.5 Å². The molecule has 3 heterocycles. The third kappa shape index (κ3) is 4.24. The minimum atomic E-state index is -0.276. The maximum Gasteiger partial charge on any atom is 0.268 e. The molecular formula is C21H20ClN5O3S. The molecule has 10 heteroatoms. The van der Waals surface area contributed by atoms with Gasteiger partial charge in [0.2, 0.25) is 11.7 Å². The fraction of sp³-hybridized carbons (Fsp3) is 0.286. The lowest BCUT2D eigenvalue weighted by Crippen LogP contribution is -2.37. The van der Waals surface area contributed by atoms with Crippen molar-refractivity contribution >= 4 is 39.1 Å². The van der Waals surface area contributed by atoms with E-state index in [1.807, 2.05) is 20.8 Å². The second-order valence-corrected chi connectivity index (χ2v) is 8.66. The average Bonchev–Trinajstić information content (AvgIpc) is 3.35. The van der Waals surface area contributed by atoms with E-state index < -0.39 is 0 Å². The summed E-state index contributed by atoms with van der Waals surface area (Å²) in [5, 5.41) is 7.96. The molecule has 1 atom stereocenters. The molecule has 4 rings (SSSR count). The topological polar surface area (TPSA) is 103 Å². The second kappa shape index (κ2) is 8.60. The summed E-state index contributed by atoms with van der Waals surface area (Å²) in [4.78, 5) is 35.3. The van der Waals surface area contributed by atoms with Gasteiger partial charge in [-0.1, -0.05) is 23.7 Å². The van der Waals surface area contributed by atoms with Crippen LogP contribution in [0.2, 0.25) is 5.02 Å². The summed E-state index contributed by atoms with van der Waals surface area (Å²) in [5.74, 6) is 0.511. The van der Waals surface area contributed by atoms with Gasteiger partial charge in [-0.2, -0.15) is 4.98 Å². The van der Waals surface area contributed by atoms with Crippen molar-refractivity contribution in [1.29, 1.82) is 0 Å². The van der Waals surface area contributed by atoms with Gasteiger partial charge in [-0.05, 0) is 50.1 Å². The van der Waals surface area contributed by atoms with Gasteiger partial charge in [0.25, 0.3) is 11.4 Å². The van der Waals surface area contributed by atoms with Gasteiger partial charge < -0.3 is 9.84 Å². The van der Waals surface area contributed by atoms with E-state index in [1.54, 1.807) is 24.3 Å². The van der Waals surface area contributed by atoms with Crippen molar-refractivity contribution in [3.63, 3.8) is 0 Å². The van der Waals surface area contributed by atoms with E-state index in [1.165, 1.54) is 22.2 Å². The Balaban J connectivity index is 1.67. The molecule has 4 aromatic rings. The number of hydrogen-bond donors (Lipinski definition) is 1. The highest BCUT2D eigenvalue weighted by atomic mass is 35.5. The maximum atomic E-state index is 13.0. The molecule has 0 aliphatic rings. The first kappa shape index (κ1) is 21.2. The first-order valence-electron chi connectivity index (χ1n) is 9.75. The van der Waals surface area contributed by atoms with Crippen molar-refractivity contribution in [2.24, 2.45) is 0 Å². The van der Waals surface area contributed by atoms with Crippen molar-refractivity contribution in [2.45, 2.75) is 39.8 Å². The molecule has 0 saturated heterocycles. The number of aromatic nitrogens is 4.